The van der Waals surface area contributed by atoms with Gasteiger partial charge in [-0.3, -0.25) is 4.79 Å². The molecule has 1 amide bonds. The van der Waals surface area contributed by atoms with E-state index in [1.807, 2.05) is 11.9 Å². The number of nitrogens with zero attached hydrogens (tertiary/aromatic N) is 1. The van der Waals surface area contributed by atoms with Crippen LogP contribution in [0.1, 0.15) is 26.2 Å². The molecule has 1 unspecified atom stereocenters. The molecule has 1 aliphatic carbocycles. The van der Waals surface area contributed by atoms with Crippen molar-refractivity contribution in [3.8, 4) is 0 Å². The lowest BCUT2D eigenvalue weighted by Crippen LogP contribution is -2.36. The van der Waals surface area contributed by atoms with Crippen LogP contribution in [0.2, 0.25) is 0 Å². The molecular formula is C9H17NOS. The van der Waals surface area contributed by atoms with Crippen LogP contribution in [0.3, 0.4) is 0 Å². The minimum Gasteiger partial charge on any atom is -0.343 e. The Hall–Kier alpha value is -0.180. The summed E-state index contributed by atoms with van der Waals surface area (Å²) in [6.07, 6.45) is 3.15. The Kier molecular flexibility index (Phi) is 3.44. The number of amides is 1. The normalized spacial score (nSPS) is 18.9. The van der Waals surface area contributed by atoms with Gasteiger partial charge in [-0.1, -0.05) is 0 Å². The average molecular weight is 187 g/mol. The highest BCUT2D eigenvalue weighted by molar-refractivity contribution is 7.80. The van der Waals surface area contributed by atoms with Crippen LogP contribution in [0, 0.1) is 5.92 Å². The molecule has 0 aromatic rings. The van der Waals surface area contributed by atoms with Gasteiger partial charge in [0.25, 0.3) is 0 Å². The largest absolute Gasteiger partial charge is 0.343 e. The molecular weight excluding hydrogens is 170 g/mol. The van der Waals surface area contributed by atoms with E-state index in [0.717, 1.165) is 5.92 Å². The first-order chi connectivity index (χ1) is 5.66. The SMILES string of the molecule is CC(C1CC1)N(C)C(=O)CCS. The summed E-state index contributed by atoms with van der Waals surface area (Å²) in [4.78, 5) is 13.3. The fourth-order valence-electron chi connectivity index (χ4n) is 1.39. The lowest BCUT2D eigenvalue weighted by molar-refractivity contribution is -0.131. The molecule has 1 fully saturated rings. The molecule has 70 valence electrons. The topological polar surface area (TPSA) is 20.3 Å². The second-order valence-electron chi connectivity index (χ2n) is 3.56. The highest BCUT2D eigenvalue weighted by atomic mass is 32.1. The fraction of sp³-hybridized carbons (Fsp3) is 0.889. The van der Waals surface area contributed by atoms with E-state index in [1.54, 1.807) is 0 Å². The minimum atomic E-state index is 0.226. The van der Waals surface area contributed by atoms with Crippen molar-refractivity contribution in [3.63, 3.8) is 0 Å². The highest BCUT2D eigenvalue weighted by Gasteiger charge is 2.31. The molecule has 0 bridgehead atoms. The summed E-state index contributed by atoms with van der Waals surface area (Å²) in [5, 5.41) is 0. The number of thiol groups is 1. The van der Waals surface area contributed by atoms with Gasteiger partial charge in [0.2, 0.25) is 5.91 Å². The van der Waals surface area contributed by atoms with Crippen LogP contribution in [-0.2, 0) is 4.79 Å². The highest BCUT2D eigenvalue weighted by Crippen LogP contribution is 2.34. The molecule has 0 aromatic heterocycles. The third-order valence-electron chi connectivity index (χ3n) is 2.63. The first kappa shape index (κ1) is 9.90. The zero-order chi connectivity index (χ0) is 9.14. The van der Waals surface area contributed by atoms with Crippen LogP contribution in [0.4, 0.5) is 0 Å². The standard InChI is InChI=1S/C9H17NOS/c1-7(8-3-4-8)10(2)9(11)5-6-12/h7-8,12H,3-6H2,1-2H3. The fourth-order valence-corrected chi connectivity index (χ4v) is 1.59. The summed E-state index contributed by atoms with van der Waals surface area (Å²) in [5.41, 5.74) is 0. The summed E-state index contributed by atoms with van der Waals surface area (Å²) >= 11 is 4.04. The zero-order valence-electron chi connectivity index (χ0n) is 7.79. The van der Waals surface area contributed by atoms with Crippen molar-refractivity contribution in [1.82, 2.24) is 4.90 Å². The predicted octanol–water partition coefficient (Wildman–Crippen LogP) is 1.56. The molecule has 1 aliphatic rings. The second-order valence-corrected chi connectivity index (χ2v) is 4.00. The summed E-state index contributed by atoms with van der Waals surface area (Å²) in [6.45, 7) is 2.13. The number of hydrogen-bond acceptors (Lipinski definition) is 2. The van der Waals surface area contributed by atoms with Crippen LogP contribution in [0.15, 0.2) is 0 Å². The van der Waals surface area contributed by atoms with Gasteiger partial charge in [0.05, 0.1) is 0 Å². The maximum absolute atomic E-state index is 11.4. The van der Waals surface area contributed by atoms with Gasteiger partial charge in [0.15, 0.2) is 0 Å². The minimum absolute atomic E-state index is 0.226. The molecule has 0 saturated heterocycles. The second kappa shape index (κ2) is 4.17. The summed E-state index contributed by atoms with van der Waals surface area (Å²) < 4.78 is 0. The van der Waals surface area contributed by atoms with Crippen LogP contribution >= 0.6 is 12.6 Å². The van der Waals surface area contributed by atoms with E-state index in [2.05, 4.69) is 19.6 Å². The molecule has 0 aliphatic heterocycles. The number of carbonyl (C=O) groups excluding carboxylic acids is 1. The molecule has 12 heavy (non-hydrogen) atoms. The Morgan fingerprint density at radius 3 is 2.67 bits per heavy atom. The van der Waals surface area contributed by atoms with Crippen molar-refractivity contribution < 1.29 is 4.79 Å². The zero-order valence-corrected chi connectivity index (χ0v) is 8.68. The van der Waals surface area contributed by atoms with Crippen LogP contribution < -0.4 is 0 Å². The van der Waals surface area contributed by atoms with Gasteiger partial charge >= 0.3 is 0 Å². The number of hydrogen-bond donors (Lipinski definition) is 1. The van der Waals surface area contributed by atoms with Gasteiger partial charge in [-0.2, -0.15) is 12.6 Å². The third kappa shape index (κ3) is 2.41. The molecule has 2 nitrogen and oxygen atoms in total. The summed E-state index contributed by atoms with van der Waals surface area (Å²) in [5.74, 6) is 1.64. The van der Waals surface area contributed by atoms with Crippen LogP contribution in [0.5, 0.6) is 0 Å². The molecule has 1 atom stereocenters. The molecule has 0 heterocycles. The lowest BCUT2D eigenvalue weighted by Gasteiger charge is -2.24. The van der Waals surface area contributed by atoms with Crippen molar-refractivity contribution in [1.29, 1.82) is 0 Å². The van der Waals surface area contributed by atoms with E-state index >= 15 is 0 Å². The van der Waals surface area contributed by atoms with Crippen molar-refractivity contribution in [2.75, 3.05) is 12.8 Å². The van der Waals surface area contributed by atoms with Gasteiger partial charge in [-0.25, -0.2) is 0 Å². The van der Waals surface area contributed by atoms with Gasteiger partial charge in [0.1, 0.15) is 0 Å². The monoisotopic (exact) mass is 187 g/mol. The first-order valence-electron chi connectivity index (χ1n) is 4.53. The molecule has 1 rings (SSSR count). The van der Waals surface area contributed by atoms with E-state index in [9.17, 15) is 4.79 Å². The van der Waals surface area contributed by atoms with Gasteiger partial charge in [-0.05, 0) is 31.4 Å². The van der Waals surface area contributed by atoms with Crippen LogP contribution in [0.25, 0.3) is 0 Å². The molecule has 1 saturated carbocycles. The Labute approximate surface area is 79.7 Å². The van der Waals surface area contributed by atoms with Crippen molar-refractivity contribution >= 4 is 18.5 Å². The van der Waals surface area contributed by atoms with Gasteiger partial charge in [-0.15, -0.1) is 0 Å². The van der Waals surface area contributed by atoms with E-state index < -0.39 is 0 Å². The summed E-state index contributed by atoms with van der Waals surface area (Å²) in [6, 6.07) is 0.428. The van der Waals surface area contributed by atoms with Crippen molar-refractivity contribution in [2.24, 2.45) is 5.92 Å². The summed E-state index contributed by atoms with van der Waals surface area (Å²) in [7, 11) is 1.90. The van der Waals surface area contributed by atoms with Gasteiger partial charge in [0, 0.05) is 19.5 Å². The molecule has 0 radical (unpaired) electrons. The predicted molar refractivity (Wildman–Crippen MR) is 53.4 cm³/mol. The first-order valence-corrected chi connectivity index (χ1v) is 5.16. The van der Waals surface area contributed by atoms with Crippen molar-refractivity contribution in [3.05, 3.63) is 0 Å². The molecule has 0 spiro atoms. The smallest absolute Gasteiger partial charge is 0.223 e. The lowest BCUT2D eigenvalue weighted by atomic mass is 10.2. The molecule has 0 N–H and O–H groups in total. The van der Waals surface area contributed by atoms with Crippen molar-refractivity contribution in [2.45, 2.75) is 32.2 Å². The average Bonchev–Trinajstić information content (AvgIpc) is 2.84. The van der Waals surface area contributed by atoms with E-state index in [1.165, 1.54) is 12.8 Å². The Morgan fingerprint density at radius 2 is 2.25 bits per heavy atom. The number of rotatable bonds is 4. The Balaban J connectivity index is 2.33. The van der Waals surface area contributed by atoms with Crippen LogP contribution in [-0.4, -0.2) is 29.6 Å². The Bertz CT molecular complexity index is 168. The number of carbonyl (C=O) groups is 1. The maximum atomic E-state index is 11.4. The quantitative estimate of drug-likeness (QED) is 0.662. The van der Waals surface area contributed by atoms with Gasteiger partial charge < -0.3 is 4.90 Å². The molecule has 0 aromatic carbocycles. The van der Waals surface area contributed by atoms with E-state index in [-0.39, 0.29) is 5.91 Å². The third-order valence-corrected chi connectivity index (χ3v) is 2.86. The molecule has 3 heteroatoms. The van der Waals surface area contributed by atoms with E-state index in [4.69, 9.17) is 0 Å². The Morgan fingerprint density at radius 1 is 1.67 bits per heavy atom. The van der Waals surface area contributed by atoms with E-state index in [0.29, 0.717) is 18.2 Å². The maximum Gasteiger partial charge on any atom is 0.223 e.